The second-order valence-corrected chi connectivity index (χ2v) is 10.8. The molecular weight excluding hydrogens is 418 g/mol. The zero-order chi connectivity index (χ0) is 22.3. The van der Waals surface area contributed by atoms with Crippen molar-refractivity contribution >= 4 is 23.5 Å². The first kappa shape index (κ1) is 21.8. The van der Waals surface area contributed by atoms with Crippen LogP contribution in [0.3, 0.4) is 0 Å². The fourth-order valence-corrected chi connectivity index (χ4v) is 6.99. The Morgan fingerprint density at radius 3 is 2.25 bits per heavy atom. The minimum atomic E-state index is 0.0772. The standard InChI is InChI=1S/C28H34ClNO2/c1-4-18(2)32-27-25(29)12-22(13-26(27)31-3)17-30-24-7-5-23(6-8-24)28-14-19-9-20(15-28)11-21(10-19)16-28/h5-8,12-13,17-21H,4,9-11,14-16H2,1-3H3/t18-,19?,20?,21?,28?/m0/s1. The minimum absolute atomic E-state index is 0.0772. The van der Waals surface area contributed by atoms with Gasteiger partial charge in [0.15, 0.2) is 11.5 Å². The normalized spacial score (nSPS) is 29.4. The van der Waals surface area contributed by atoms with Crippen LogP contribution < -0.4 is 9.47 Å². The Kier molecular flexibility index (Phi) is 5.96. The molecule has 0 saturated heterocycles. The number of ether oxygens (including phenoxy) is 2. The molecule has 6 rings (SSSR count). The van der Waals surface area contributed by atoms with E-state index in [0.29, 0.717) is 21.9 Å². The number of hydrogen-bond donors (Lipinski definition) is 0. The van der Waals surface area contributed by atoms with E-state index in [1.165, 1.54) is 44.1 Å². The zero-order valence-corrected chi connectivity index (χ0v) is 20.2. The molecule has 0 N–H and O–H groups in total. The Morgan fingerprint density at radius 2 is 1.69 bits per heavy atom. The van der Waals surface area contributed by atoms with Gasteiger partial charge in [-0.1, -0.05) is 30.7 Å². The number of benzene rings is 2. The molecule has 0 aliphatic heterocycles. The van der Waals surface area contributed by atoms with Gasteiger partial charge in [0.25, 0.3) is 0 Å². The monoisotopic (exact) mass is 451 g/mol. The van der Waals surface area contributed by atoms with Crippen molar-refractivity contribution in [3.05, 3.63) is 52.5 Å². The lowest BCUT2D eigenvalue weighted by molar-refractivity contribution is -0.00518. The van der Waals surface area contributed by atoms with E-state index >= 15 is 0 Å². The SMILES string of the molecule is CC[C@H](C)Oc1c(Cl)cc(C=Nc2ccc(C34CC5CC(CC(C5)C3)C4)cc2)cc1OC. The first-order valence-electron chi connectivity index (χ1n) is 12.2. The van der Waals surface area contributed by atoms with Crippen molar-refractivity contribution in [1.29, 1.82) is 0 Å². The Morgan fingerprint density at radius 1 is 1.06 bits per heavy atom. The maximum absolute atomic E-state index is 6.50. The molecule has 32 heavy (non-hydrogen) atoms. The molecule has 2 aromatic carbocycles. The highest BCUT2D eigenvalue weighted by molar-refractivity contribution is 6.32. The molecule has 170 valence electrons. The van der Waals surface area contributed by atoms with E-state index in [1.807, 2.05) is 25.3 Å². The summed E-state index contributed by atoms with van der Waals surface area (Å²) in [5.41, 5.74) is 3.83. The fourth-order valence-electron chi connectivity index (χ4n) is 6.73. The van der Waals surface area contributed by atoms with E-state index < -0.39 is 0 Å². The largest absolute Gasteiger partial charge is 0.493 e. The minimum Gasteiger partial charge on any atom is -0.493 e. The second kappa shape index (κ2) is 8.74. The molecular formula is C28H34ClNO2. The fraction of sp³-hybridized carbons (Fsp3) is 0.536. The van der Waals surface area contributed by atoms with E-state index in [-0.39, 0.29) is 6.10 Å². The number of hydrogen-bond acceptors (Lipinski definition) is 3. The third-order valence-electron chi connectivity index (χ3n) is 8.03. The van der Waals surface area contributed by atoms with Crippen molar-refractivity contribution < 1.29 is 9.47 Å². The van der Waals surface area contributed by atoms with Crippen LogP contribution in [-0.2, 0) is 5.41 Å². The van der Waals surface area contributed by atoms with Gasteiger partial charge in [0.05, 0.1) is 23.9 Å². The van der Waals surface area contributed by atoms with Crippen LogP contribution in [0.2, 0.25) is 5.02 Å². The molecule has 0 spiro atoms. The summed E-state index contributed by atoms with van der Waals surface area (Å²) in [6, 6.07) is 12.8. The van der Waals surface area contributed by atoms with Crippen molar-refractivity contribution in [2.45, 2.75) is 70.3 Å². The Hall–Kier alpha value is -2.00. The number of halogens is 1. The van der Waals surface area contributed by atoms with Crippen molar-refractivity contribution in [3.8, 4) is 11.5 Å². The maximum atomic E-state index is 6.50. The van der Waals surface area contributed by atoms with E-state index in [0.717, 1.165) is 35.4 Å². The molecule has 4 heteroatoms. The topological polar surface area (TPSA) is 30.8 Å². The van der Waals surface area contributed by atoms with Crippen LogP contribution >= 0.6 is 11.6 Å². The molecule has 4 bridgehead atoms. The van der Waals surface area contributed by atoms with Crippen LogP contribution in [0.1, 0.15) is 69.9 Å². The summed E-state index contributed by atoms with van der Waals surface area (Å²) in [4.78, 5) is 4.71. The highest BCUT2D eigenvalue weighted by Gasteiger charge is 2.51. The molecule has 4 aliphatic rings. The number of aliphatic imine (C=N–C) groups is 1. The quantitative estimate of drug-likeness (QED) is 0.403. The Balaban J connectivity index is 1.33. The first-order valence-corrected chi connectivity index (χ1v) is 12.5. The summed E-state index contributed by atoms with van der Waals surface area (Å²) < 4.78 is 11.5. The molecule has 4 saturated carbocycles. The van der Waals surface area contributed by atoms with Gasteiger partial charge in [0.2, 0.25) is 0 Å². The second-order valence-electron chi connectivity index (χ2n) is 10.4. The maximum Gasteiger partial charge on any atom is 0.180 e. The van der Waals surface area contributed by atoms with E-state index in [2.05, 4.69) is 31.2 Å². The van der Waals surface area contributed by atoms with E-state index in [4.69, 9.17) is 26.1 Å². The third-order valence-corrected chi connectivity index (χ3v) is 8.31. The lowest BCUT2D eigenvalue weighted by Crippen LogP contribution is -2.48. The van der Waals surface area contributed by atoms with Gasteiger partial charge in [-0.2, -0.15) is 0 Å². The number of nitrogens with zero attached hydrogens (tertiary/aromatic N) is 1. The van der Waals surface area contributed by atoms with E-state index in [1.54, 1.807) is 7.11 Å². The van der Waals surface area contributed by atoms with Crippen LogP contribution in [0.5, 0.6) is 11.5 Å². The molecule has 0 heterocycles. The Bertz CT molecular complexity index is 962. The van der Waals surface area contributed by atoms with Crippen LogP contribution in [0.15, 0.2) is 41.4 Å². The van der Waals surface area contributed by atoms with E-state index in [9.17, 15) is 0 Å². The lowest BCUT2D eigenvalue weighted by atomic mass is 9.48. The lowest BCUT2D eigenvalue weighted by Gasteiger charge is -2.57. The molecule has 3 nitrogen and oxygen atoms in total. The first-order chi connectivity index (χ1) is 15.5. The van der Waals surface area contributed by atoms with Gasteiger partial charge < -0.3 is 9.47 Å². The van der Waals surface area contributed by atoms with Gasteiger partial charge >= 0.3 is 0 Å². The molecule has 0 radical (unpaired) electrons. The molecule has 4 fully saturated rings. The predicted molar refractivity (Wildman–Crippen MR) is 132 cm³/mol. The van der Waals surface area contributed by atoms with Gasteiger partial charge in [-0.25, -0.2) is 0 Å². The number of rotatable bonds is 7. The average Bonchev–Trinajstić information content (AvgIpc) is 2.78. The van der Waals surface area contributed by atoms with Crippen LogP contribution in [0, 0.1) is 17.8 Å². The van der Waals surface area contributed by atoms with Crippen molar-refractivity contribution in [1.82, 2.24) is 0 Å². The third kappa shape index (κ3) is 4.17. The molecule has 0 aromatic heterocycles. The Labute approximate surface area is 197 Å². The highest BCUT2D eigenvalue weighted by Crippen LogP contribution is 2.60. The highest BCUT2D eigenvalue weighted by atomic mass is 35.5. The summed E-state index contributed by atoms with van der Waals surface area (Å²) >= 11 is 6.50. The summed E-state index contributed by atoms with van der Waals surface area (Å²) in [5.74, 6) is 4.12. The number of methoxy groups -OCH3 is 1. The van der Waals surface area contributed by atoms with Crippen molar-refractivity contribution in [3.63, 3.8) is 0 Å². The average molecular weight is 452 g/mol. The summed E-state index contributed by atoms with van der Waals surface area (Å²) in [5, 5.41) is 0.545. The molecule has 0 unspecified atom stereocenters. The van der Waals surface area contributed by atoms with Gasteiger partial charge in [-0.3, -0.25) is 4.99 Å². The molecule has 0 amide bonds. The van der Waals surface area contributed by atoms with Crippen LogP contribution in [-0.4, -0.2) is 19.4 Å². The van der Waals surface area contributed by atoms with Gasteiger partial charge in [-0.15, -0.1) is 0 Å². The molecule has 4 aliphatic carbocycles. The summed E-state index contributed by atoms with van der Waals surface area (Å²) in [7, 11) is 1.64. The van der Waals surface area contributed by atoms with Gasteiger partial charge in [-0.05, 0) is 110 Å². The van der Waals surface area contributed by atoms with Gasteiger partial charge in [0, 0.05) is 6.21 Å². The zero-order valence-electron chi connectivity index (χ0n) is 19.4. The van der Waals surface area contributed by atoms with Crippen molar-refractivity contribution in [2.75, 3.05) is 7.11 Å². The molecule has 2 aromatic rings. The van der Waals surface area contributed by atoms with Crippen LogP contribution in [0.4, 0.5) is 5.69 Å². The summed E-state index contributed by atoms with van der Waals surface area (Å²) in [6.07, 6.45) is 11.5. The predicted octanol–water partition coefficient (Wildman–Crippen LogP) is 7.74. The summed E-state index contributed by atoms with van der Waals surface area (Å²) in [6.45, 7) is 4.11. The smallest absolute Gasteiger partial charge is 0.180 e. The molecule has 1 atom stereocenters. The van der Waals surface area contributed by atoms with Gasteiger partial charge in [0.1, 0.15) is 0 Å². The van der Waals surface area contributed by atoms with Crippen LogP contribution in [0.25, 0.3) is 0 Å². The van der Waals surface area contributed by atoms with Crippen molar-refractivity contribution in [2.24, 2.45) is 22.7 Å².